The molecule has 2 aromatic heterocycles. The average molecular weight is 337 g/mol. The van der Waals surface area contributed by atoms with Crippen LogP contribution in [0.25, 0.3) is 22.3 Å². The van der Waals surface area contributed by atoms with Gasteiger partial charge in [-0.05, 0) is 18.2 Å². The summed E-state index contributed by atoms with van der Waals surface area (Å²) in [5.41, 5.74) is 6.91. The second-order valence-corrected chi connectivity index (χ2v) is 5.20. The standard InChI is InChI=1S/C14H10Cl2N4O2/c15-8-2-1-7-11(22-12(21)6-17)5-10(9-3-4-18-20-9)19-14(7)13(8)16/h1-5H,6,17H2,(H,18,20). The Morgan fingerprint density at radius 3 is 2.82 bits per heavy atom. The van der Waals surface area contributed by atoms with E-state index in [1.165, 1.54) is 0 Å². The molecule has 6 nitrogen and oxygen atoms in total. The first-order valence-electron chi connectivity index (χ1n) is 6.29. The van der Waals surface area contributed by atoms with E-state index in [4.69, 9.17) is 33.7 Å². The van der Waals surface area contributed by atoms with Crippen molar-refractivity contribution in [1.82, 2.24) is 15.2 Å². The number of nitrogens with two attached hydrogens (primary N) is 1. The van der Waals surface area contributed by atoms with E-state index < -0.39 is 5.97 Å². The van der Waals surface area contributed by atoms with Crippen LogP contribution in [0.5, 0.6) is 5.75 Å². The molecule has 0 aliphatic carbocycles. The van der Waals surface area contributed by atoms with Gasteiger partial charge in [0.05, 0.1) is 33.5 Å². The molecule has 3 N–H and O–H groups in total. The Labute approximate surface area is 135 Å². The number of aromatic amines is 1. The van der Waals surface area contributed by atoms with E-state index in [1.54, 1.807) is 30.5 Å². The lowest BCUT2D eigenvalue weighted by atomic mass is 10.1. The number of esters is 1. The van der Waals surface area contributed by atoms with Gasteiger partial charge in [0.2, 0.25) is 0 Å². The van der Waals surface area contributed by atoms with Crippen LogP contribution < -0.4 is 10.5 Å². The van der Waals surface area contributed by atoms with E-state index in [9.17, 15) is 4.79 Å². The zero-order chi connectivity index (χ0) is 15.7. The summed E-state index contributed by atoms with van der Waals surface area (Å²) in [7, 11) is 0. The zero-order valence-electron chi connectivity index (χ0n) is 11.1. The summed E-state index contributed by atoms with van der Waals surface area (Å²) in [5, 5.41) is 7.88. The average Bonchev–Trinajstić information content (AvgIpc) is 3.05. The topological polar surface area (TPSA) is 93.9 Å². The molecule has 0 radical (unpaired) electrons. The van der Waals surface area contributed by atoms with Crippen molar-refractivity contribution < 1.29 is 9.53 Å². The lowest BCUT2D eigenvalue weighted by Gasteiger charge is -2.10. The van der Waals surface area contributed by atoms with Gasteiger partial charge in [-0.3, -0.25) is 9.89 Å². The highest BCUT2D eigenvalue weighted by molar-refractivity contribution is 6.45. The third-order valence-electron chi connectivity index (χ3n) is 3.00. The van der Waals surface area contributed by atoms with Crippen LogP contribution in [-0.2, 0) is 4.79 Å². The summed E-state index contributed by atoms with van der Waals surface area (Å²) in [6.45, 7) is -0.232. The molecule has 2 heterocycles. The zero-order valence-corrected chi connectivity index (χ0v) is 12.6. The lowest BCUT2D eigenvalue weighted by Crippen LogP contribution is -2.19. The van der Waals surface area contributed by atoms with Gasteiger partial charge in [0.25, 0.3) is 0 Å². The first-order valence-corrected chi connectivity index (χ1v) is 7.05. The molecule has 3 aromatic rings. The normalized spacial score (nSPS) is 10.9. The van der Waals surface area contributed by atoms with Crippen LogP contribution in [0.15, 0.2) is 30.5 Å². The second-order valence-electron chi connectivity index (χ2n) is 4.41. The van der Waals surface area contributed by atoms with E-state index >= 15 is 0 Å². The fraction of sp³-hybridized carbons (Fsp3) is 0.0714. The largest absolute Gasteiger partial charge is 0.425 e. The SMILES string of the molecule is NCC(=O)Oc1cc(-c2ccn[nH]2)nc2c(Cl)c(Cl)ccc12. The maximum absolute atomic E-state index is 11.5. The molecule has 1 aromatic carbocycles. The molecule has 0 spiro atoms. The molecule has 0 saturated heterocycles. The monoisotopic (exact) mass is 336 g/mol. The number of nitrogens with one attached hydrogen (secondary N) is 1. The minimum absolute atomic E-state index is 0.232. The van der Waals surface area contributed by atoms with E-state index in [-0.39, 0.29) is 11.6 Å². The van der Waals surface area contributed by atoms with Crippen molar-refractivity contribution in [3.8, 4) is 17.1 Å². The summed E-state index contributed by atoms with van der Waals surface area (Å²) in [6, 6.07) is 6.66. The van der Waals surface area contributed by atoms with E-state index in [0.29, 0.717) is 33.1 Å². The first kappa shape index (κ1) is 14.8. The Kier molecular flexibility index (Phi) is 3.98. The Balaban J connectivity index is 2.26. The molecular formula is C14H10Cl2N4O2. The van der Waals surface area contributed by atoms with Gasteiger partial charge in [-0.1, -0.05) is 23.2 Å². The fourth-order valence-corrected chi connectivity index (χ4v) is 2.35. The molecule has 0 unspecified atom stereocenters. The highest BCUT2D eigenvalue weighted by atomic mass is 35.5. The minimum Gasteiger partial charge on any atom is -0.425 e. The summed E-state index contributed by atoms with van der Waals surface area (Å²) < 4.78 is 5.27. The molecule has 8 heteroatoms. The molecule has 0 fully saturated rings. The van der Waals surface area contributed by atoms with Crippen LogP contribution in [0.1, 0.15) is 0 Å². The van der Waals surface area contributed by atoms with Crippen LogP contribution in [-0.4, -0.2) is 27.7 Å². The Morgan fingerprint density at radius 1 is 1.32 bits per heavy atom. The van der Waals surface area contributed by atoms with Crippen molar-refractivity contribution in [3.05, 3.63) is 40.5 Å². The number of carbonyl (C=O) groups excluding carboxylic acids is 1. The second kappa shape index (κ2) is 5.92. The van der Waals surface area contributed by atoms with Crippen LogP contribution in [0, 0.1) is 0 Å². The smallest absolute Gasteiger partial charge is 0.325 e. The number of aromatic nitrogens is 3. The predicted molar refractivity (Wildman–Crippen MR) is 84.0 cm³/mol. The van der Waals surface area contributed by atoms with E-state index in [0.717, 1.165) is 0 Å². The van der Waals surface area contributed by atoms with E-state index in [2.05, 4.69) is 15.2 Å². The highest BCUT2D eigenvalue weighted by Crippen LogP contribution is 2.36. The highest BCUT2D eigenvalue weighted by Gasteiger charge is 2.15. The molecular weight excluding hydrogens is 327 g/mol. The molecule has 0 amide bonds. The fourth-order valence-electron chi connectivity index (χ4n) is 1.99. The van der Waals surface area contributed by atoms with Crippen molar-refractivity contribution in [2.75, 3.05) is 6.54 Å². The molecule has 0 aliphatic heterocycles. The van der Waals surface area contributed by atoms with Crippen molar-refractivity contribution >= 4 is 40.1 Å². The molecule has 0 atom stereocenters. The summed E-state index contributed by atoms with van der Waals surface area (Å²) in [4.78, 5) is 16.0. The van der Waals surface area contributed by atoms with Gasteiger partial charge >= 0.3 is 5.97 Å². The van der Waals surface area contributed by atoms with Gasteiger partial charge in [-0.25, -0.2) is 4.98 Å². The van der Waals surface area contributed by atoms with Crippen molar-refractivity contribution in [3.63, 3.8) is 0 Å². The number of fused-ring (bicyclic) bond motifs is 1. The number of ether oxygens (including phenoxy) is 1. The van der Waals surface area contributed by atoms with Crippen molar-refractivity contribution in [1.29, 1.82) is 0 Å². The summed E-state index contributed by atoms with van der Waals surface area (Å²) in [5.74, 6) is -0.252. The summed E-state index contributed by atoms with van der Waals surface area (Å²) in [6.07, 6.45) is 1.59. The van der Waals surface area contributed by atoms with Crippen molar-refractivity contribution in [2.45, 2.75) is 0 Å². The molecule has 3 rings (SSSR count). The number of nitrogens with zero attached hydrogens (tertiary/aromatic N) is 2. The number of benzene rings is 1. The number of carbonyl (C=O) groups is 1. The van der Waals surface area contributed by atoms with Gasteiger partial charge in [-0.2, -0.15) is 5.10 Å². The third-order valence-corrected chi connectivity index (χ3v) is 3.80. The molecule has 22 heavy (non-hydrogen) atoms. The molecule has 112 valence electrons. The number of H-pyrrole nitrogens is 1. The molecule has 0 bridgehead atoms. The third kappa shape index (κ3) is 2.64. The molecule has 0 aliphatic rings. The van der Waals surface area contributed by atoms with Gasteiger partial charge in [0, 0.05) is 17.6 Å². The number of hydrogen-bond donors (Lipinski definition) is 2. The lowest BCUT2D eigenvalue weighted by molar-refractivity contribution is -0.132. The minimum atomic E-state index is -0.561. The predicted octanol–water partition coefficient (Wildman–Crippen LogP) is 2.80. The Hall–Kier alpha value is -2.15. The first-order chi connectivity index (χ1) is 10.6. The van der Waals surface area contributed by atoms with Crippen LogP contribution >= 0.6 is 23.2 Å². The maximum atomic E-state index is 11.5. The Morgan fingerprint density at radius 2 is 2.14 bits per heavy atom. The van der Waals surface area contributed by atoms with Crippen molar-refractivity contribution in [2.24, 2.45) is 5.73 Å². The summed E-state index contributed by atoms with van der Waals surface area (Å²) >= 11 is 12.2. The van der Waals surface area contributed by atoms with Crippen LogP contribution in [0.2, 0.25) is 10.0 Å². The number of hydrogen-bond acceptors (Lipinski definition) is 5. The number of halogens is 2. The van der Waals surface area contributed by atoms with Crippen LogP contribution in [0.4, 0.5) is 0 Å². The van der Waals surface area contributed by atoms with Gasteiger partial charge in [0.1, 0.15) is 5.75 Å². The van der Waals surface area contributed by atoms with E-state index in [1.807, 2.05) is 0 Å². The quantitative estimate of drug-likeness (QED) is 0.717. The van der Waals surface area contributed by atoms with Crippen LogP contribution in [0.3, 0.4) is 0 Å². The Bertz CT molecular complexity index is 850. The van der Waals surface area contributed by atoms with Gasteiger partial charge < -0.3 is 10.5 Å². The maximum Gasteiger partial charge on any atom is 0.325 e. The van der Waals surface area contributed by atoms with Gasteiger partial charge in [-0.15, -0.1) is 0 Å². The van der Waals surface area contributed by atoms with Gasteiger partial charge in [0.15, 0.2) is 0 Å². The number of rotatable bonds is 3. The molecule has 0 saturated carbocycles. The number of pyridine rings is 1.